The number of anilines is 1. The number of carbonyl (C=O) groups excluding carboxylic acids is 2. The molecule has 2 unspecified atom stereocenters. The zero-order chi connectivity index (χ0) is 26.4. The third kappa shape index (κ3) is 7.23. The van der Waals surface area contributed by atoms with Crippen molar-refractivity contribution in [1.82, 2.24) is 16.0 Å². The Labute approximate surface area is 211 Å². The van der Waals surface area contributed by atoms with Crippen LogP contribution in [0.1, 0.15) is 33.9 Å². The molecule has 1 heterocycles. The number of aliphatic carboxylic acids is 1. The van der Waals surface area contributed by atoms with Crippen molar-refractivity contribution in [3.05, 3.63) is 52.0 Å². The number of phenolic OH excluding ortho intramolecular Hbond substituents is 2. The number of aliphatic hydroxyl groups is 1. The first kappa shape index (κ1) is 26.6. The van der Waals surface area contributed by atoms with Crippen molar-refractivity contribution in [3.63, 3.8) is 0 Å². The Morgan fingerprint density at radius 3 is 2.61 bits per heavy atom. The largest absolute Gasteiger partial charge is 0.508 e. The van der Waals surface area contributed by atoms with Gasteiger partial charge in [-0.25, -0.2) is 0 Å². The number of halogens is 1. The number of carbonyl (C=O) groups is 3. The predicted octanol–water partition coefficient (Wildman–Crippen LogP) is 0.854. The number of carboxylic acid groups (broad SMARTS) is 1. The van der Waals surface area contributed by atoms with Crippen molar-refractivity contribution in [2.24, 2.45) is 4.99 Å². The Bertz CT molecular complexity index is 1200. The number of phenols is 2. The maximum absolute atomic E-state index is 12.6. The van der Waals surface area contributed by atoms with Crippen LogP contribution in [0.15, 0.2) is 35.3 Å². The number of rotatable bonds is 8. The van der Waals surface area contributed by atoms with Crippen LogP contribution < -0.4 is 21.3 Å². The van der Waals surface area contributed by atoms with Crippen LogP contribution in [0, 0.1) is 6.92 Å². The van der Waals surface area contributed by atoms with Crippen molar-refractivity contribution in [2.45, 2.75) is 25.5 Å². The highest BCUT2D eigenvalue weighted by molar-refractivity contribution is 6.30. The second-order valence-corrected chi connectivity index (χ2v) is 8.62. The fraction of sp³-hybridized carbons (Fsp3) is 0.304. The third-order valence-electron chi connectivity index (χ3n) is 5.20. The summed E-state index contributed by atoms with van der Waals surface area (Å²) in [6.45, 7) is 1.58. The molecule has 0 saturated heterocycles. The number of aryl methyl sites for hydroxylation is 1. The summed E-state index contributed by atoms with van der Waals surface area (Å²) in [4.78, 5) is 40.5. The first-order valence-electron chi connectivity index (χ1n) is 10.9. The predicted molar refractivity (Wildman–Crippen MR) is 131 cm³/mol. The van der Waals surface area contributed by atoms with Gasteiger partial charge in [-0.3, -0.25) is 19.4 Å². The molecule has 0 aromatic heterocycles. The van der Waals surface area contributed by atoms with E-state index in [9.17, 15) is 34.8 Å². The van der Waals surface area contributed by atoms with E-state index in [1.165, 1.54) is 30.3 Å². The van der Waals surface area contributed by atoms with E-state index in [4.69, 9.17) is 11.6 Å². The monoisotopic (exact) mass is 519 g/mol. The number of benzene rings is 2. The molecule has 0 spiro atoms. The van der Waals surface area contributed by atoms with Crippen LogP contribution in [0.4, 0.5) is 5.69 Å². The van der Waals surface area contributed by atoms with Gasteiger partial charge in [-0.15, -0.1) is 0 Å². The summed E-state index contributed by atoms with van der Waals surface area (Å²) in [5, 5.41) is 50.0. The minimum absolute atomic E-state index is 0.0481. The first-order chi connectivity index (χ1) is 17.0. The van der Waals surface area contributed by atoms with Crippen LogP contribution in [-0.4, -0.2) is 69.9 Å². The third-order valence-corrected chi connectivity index (χ3v) is 5.42. The Morgan fingerprint density at radius 1 is 1.19 bits per heavy atom. The maximum Gasteiger partial charge on any atom is 0.305 e. The van der Waals surface area contributed by atoms with E-state index < -0.39 is 42.9 Å². The lowest BCUT2D eigenvalue weighted by molar-refractivity contribution is -0.137. The number of nitrogens with zero attached hydrogens (tertiary/aromatic N) is 1. The lowest BCUT2D eigenvalue weighted by Gasteiger charge is -2.20. The van der Waals surface area contributed by atoms with Crippen molar-refractivity contribution in [1.29, 1.82) is 0 Å². The highest BCUT2D eigenvalue weighted by atomic mass is 35.5. The van der Waals surface area contributed by atoms with Crippen molar-refractivity contribution >= 4 is 41.0 Å². The molecule has 1 aliphatic rings. The molecule has 192 valence electrons. The van der Waals surface area contributed by atoms with E-state index in [1.54, 1.807) is 6.92 Å². The molecule has 2 amide bonds. The number of guanidine groups is 1. The van der Waals surface area contributed by atoms with Crippen LogP contribution in [-0.2, 0) is 9.59 Å². The Balaban J connectivity index is 1.66. The molecule has 2 aromatic rings. The van der Waals surface area contributed by atoms with Gasteiger partial charge < -0.3 is 41.7 Å². The van der Waals surface area contributed by atoms with E-state index in [1.807, 2.05) is 0 Å². The van der Waals surface area contributed by atoms with E-state index in [-0.39, 0.29) is 34.2 Å². The number of hydrogen-bond acceptors (Lipinski definition) is 9. The topological polar surface area (TPSA) is 193 Å². The summed E-state index contributed by atoms with van der Waals surface area (Å²) in [7, 11) is 0. The lowest BCUT2D eigenvalue weighted by atomic mass is 10.00. The summed E-state index contributed by atoms with van der Waals surface area (Å²) in [6.07, 6.45) is -1.13. The highest BCUT2D eigenvalue weighted by Crippen LogP contribution is 2.32. The fourth-order valence-corrected chi connectivity index (χ4v) is 3.80. The van der Waals surface area contributed by atoms with E-state index in [0.717, 1.165) is 0 Å². The second kappa shape index (κ2) is 11.6. The number of carboxylic acids is 1. The van der Waals surface area contributed by atoms with Crippen LogP contribution in [0.2, 0.25) is 5.02 Å². The van der Waals surface area contributed by atoms with Crippen molar-refractivity contribution in [3.8, 4) is 11.5 Å². The van der Waals surface area contributed by atoms with Gasteiger partial charge in [0.1, 0.15) is 11.5 Å². The highest BCUT2D eigenvalue weighted by Gasteiger charge is 2.23. The minimum Gasteiger partial charge on any atom is -0.508 e. The SMILES string of the molecule is Cc1cc(Cl)cc(C(CC(=O)O)NC(=O)CNC(=O)c2cc(O)cc(NC3=NCC(O)CN3)c2)c1O. The second-order valence-electron chi connectivity index (χ2n) is 8.18. The molecular weight excluding hydrogens is 494 g/mol. The zero-order valence-corrected chi connectivity index (χ0v) is 20.0. The molecule has 3 rings (SSSR count). The van der Waals surface area contributed by atoms with E-state index in [2.05, 4.69) is 26.3 Å². The van der Waals surface area contributed by atoms with Gasteiger partial charge in [0.25, 0.3) is 5.91 Å². The molecule has 12 nitrogen and oxygen atoms in total. The van der Waals surface area contributed by atoms with Crippen LogP contribution in [0.25, 0.3) is 0 Å². The van der Waals surface area contributed by atoms with Gasteiger partial charge >= 0.3 is 5.97 Å². The van der Waals surface area contributed by atoms with Crippen molar-refractivity contribution < 1.29 is 34.8 Å². The molecule has 0 bridgehead atoms. The maximum atomic E-state index is 12.6. The van der Waals surface area contributed by atoms with Crippen LogP contribution in [0.3, 0.4) is 0 Å². The Hall–Kier alpha value is -4.03. The van der Waals surface area contributed by atoms with Gasteiger partial charge in [0.15, 0.2) is 5.96 Å². The molecule has 8 N–H and O–H groups in total. The number of amides is 2. The minimum atomic E-state index is -1.22. The molecule has 1 aliphatic heterocycles. The molecule has 2 aromatic carbocycles. The van der Waals surface area contributed by atoms with Gasteiger partial charge in [-0.1, -0.05) is 11.6 Å². The Kier molecular flexibility index (Phi) is 8.56. The molecule has 36 heavy (non-hydrogen) atoms. The molecule has 0 radical (unpaired) electrons. The summed E-state index contributed by atoms with van der Waals surface area (Å²) >= 11 is 6.03. The van der Waals surface area contributed by atoms with Gasteiger partial charge in [0.2, 0.25) is 5.91 Å². The smallest absolute Gasteiger partial charge is 0.305 e. The van der Waals surface area contributed by atoms with Gasteiger partial charge in [-0.2, -0.15) is 0 Å². The van der Waals surface area contributed by atoms with Crippen molar-refractivity contribution in [2.75, 3.05) is 25.0 Å². The number of nitrogens with one attached hydrogen (secondary N) is 4. The van der Waals surface area contributed by atoms with E-state index >= 15 is 0 Å². The van der Waals surface area contributed by atoms with Gasteiger partial charge in [0, 0.05) is 34.4 Å². The molecule has 0 saturated carbocycles. The van der Waals surface area contributed by atoms with Crippen LogP contribution in [0.5, 0.6) is 11.5 Å². The Morgan fingerprint density at radius 2 is 1.94 bits per heavy atom. The fourth-order valence-electron chi connectivity index (χ4n) is 3.51. The first-order valence-corrected chi connectivity index (χ1v) is 11.3. The number of aromatic hydroxyl groups is 2. The molecular formula is C23H26ClN5O7. The molecule has 13 heteroatoms. The number of hydrogen-bond donors (Lipinski definition) is 8. The zero-order valence-electron chi connectivity index (χ0n) is 19.2. The standard InChI is InChI=1S/C23H26ClN5O7/c1-11-2-13(24)5-17(21(11)35)18(7-20(33)34)29-19(32)10-25-22(36)12-3-14(6-15(30)4-12)28-23-26-8-16(31)9-27-23/h2-6,16,18,30-31,35H,7-10H2,1H3,(H,25,36)(H,29,32)(H,33,34)(H2,26,27,28). The summed E-state index contributed by atoms with van der Waals surface area (Å²) < 4.78 is 0. The molecule has 0 aliphatic carbocycles. The quantitative estimate of drug-likeness (QED) is 0.249. The molecule has 0 fully saturated rings. The van der Waals surface area contributed by atoms with Gasteiger partial charge in [-0.05, 0) is 36.8 Å². The average Bonchev–Trinajstić information content (AvgIpc) is 2.80. The number of aliphatic imine (C=N–C) groups is 1. The number of β-amino-alcohol motifs (C(OH)–C–C–N with tert-alkyl or cyclic N) is 1. The average molecular weight is 520 g/mol. The normalized spacial score (nSPS) is 15.8. The van der Waals surface area contributed by atoms with Crippen LogP contribution >= 0.6 is 11.6 Å². The van der Waals surface area contributed by atoms with Gasteiger partial charge in [0.05, 0.1) is 31.7 Å². The summed E-state index contributed by atoms with van der Waals surface area (Å²) in [6, 6.07) is 5.78. The van der Waals surface area contributed by atoms with E-state index in [0.29, 0.717) is 23.8 Å². The summed E-state index contributed by atoms with van der Waals surface area (Å²) in [5.74, 6) is -2.63. The number of aliphatic hydroxyl groups excluding tert-OH is 1. The summed E-state index contributed by atoms with van der Waals surface area (Å²) in [5.41, 5.74) is 0.944. The lowest BCUT2D eigenvalue weighted by Crippen LogP contribution is -2.42. The molecule has 2 atom stereocenters.